The fourth-order valence-corrected chi connectivity index (χ4v) is 6.51. The maximum atomic E-state index is 12.6. The van der Waals surface area contributed by atoms with Gasteiger partial charge in [-0.2, -0.15) is 0 Å². The number of phosphoric acid groups is 1. The van der Waals surface area contributed by atoms with Crippen LogP contribution in [0.5, 0.6) is 0 Å². The molecule has 0 amide bonds. The van der Waals surface area contributed by atoms with E-state index < -0.39 is 38.6 Å². The highest BCUT2D eigenvalue weighted by atomic mass is 31.2. The third kappa shape index (κ3) is 41.6. The van der Waals surface area contributed by atoms with Crippen molar-refractivity contribution < 1.29 is 42.7 Å². The van der Waals surface area contributed by atoms with Gasteiger partial charge in [-0.05, 0) is 77.0 Å². The molecule has 334 valence electrons. The fraction of sp³-hybridized carbons (Fsp3) is 0.702. The predicted octanol–water partition coefficient (Wildman–Crippen LogP) is 12.0. The van der Waals surface area contributed by atoms with Gasteiger partial charge in [0.2, 0.25) is 0 Å². The summed E-state index contributed by atoms with van der Waals surface area (Å²) >= 11 is 0. The van der Waals surface area contributed by atoms with Crippen LogP contribution in [0.1, 0.15) is 174 Å². The van der Waals surface area contributed by atoms with Gasteiger partial charge in [-0.15, -0.1) is 0 Å². The lowest BCUT2D eigenvalue weighted by atomic mass is 10.1. The third-order valence-corrected chi connectivity index (χ3v) is 10.1. The van der Waals surface area contributed by atoms with E-state index >= 15 is 0 Å². The molecule has 0 heterocycles. The Morgan fingerprint density at radius 3 is 1.72 bits per heavy atom. The van der Waals surface area contributed by atoms with E-state index in [0.717, 1.165) is 44.9 Å². The standard InChI is InChI=1S/C47H82NO9P/c1-3-5-7-9-11-12-13-14-15-16-17-18-19-20-21-22-27-31-35-39-47(51)57-45(43-56-58(52,53)55-41-40-48)42-54-46(50)38-34-30-26-24-23-25-29-33-37-44(49)36-32-28-10-8-6-4-2/h11-12,14-15,24-26,28-29,32-33,37,44-45,49H,3-10,13,16-23,27,30-31,34-36,38-43,48H2,1-2H3,(H,52,53)/b12-11-,15-14-,26-24-,29-25-,32-28-,37-33+/t44-,45-/m1/s1. The first kappa shape index (κ1) is 55.4. The highest BCUT2D eigenvalue weighted by Crippen LogP contribution is 2.43. The maximum absolute atomic E-state index is 12.6. The Kier molecular flexibility index (Phi) is 40.6. The average Bonchev–Trinajstić information content (AvgIpc) is 3.21. The van der Waals surface area contributed by atoms with Crippen molar-refractivity contribution in [2.24, 2.45) is 5.73 Å². The molecule has 0 aromatic heterocycles. The third-order valence-electron chi connectivity index (χ3n) is 9.15. The number of hydrogen-bond acceptors (Lipinski definition) is 9. The number of rotatable bonds is 41. The van der Waals surface area contributed by atoms with Crippen molar-refractivity contribution >= 4 is 19.8 Å². The van der Waals surface area contributed by atoms with Crippen LogP contribution >= 0.6 is 7.82 Å². The molecule has 58 heavy (non-hydrogen) atoms. The monoisotopic (exact) mass is 836 g/mol. The van der Waals surface area contributed by atoms with Crippen LogP contribution < -0.4 is 5.73 Å². The van der Waals surface area contributed by atoms with Crippen molar-refractivity contribution in [3.8, 4) is 0 Å². The molecule has 0 rings (SSSR count). The molecule has 0 aromatic carbocycles. The molecule has 10 nitrogen and oxygen atoms in total. The molecule has 0 spiro atoms. The van der Waals surface area contributed by atoms with Gasteiger partial charge in [0.15, 0.2) is 6.10 Å². The second kappa shape index (κ2) is 42.5. The smallest absolute Gasteiger partial charge is 0.462 e. The molecule has 1 unspecified atom stereocenters. The van der Waals surface area contributed by atoms with Crippen LogP contribution in [0.15, 0.2) is 72.9 Å². The molecule has 0 aliphatic rings. The number of unbranched alkanes of at least 4 members (excludes halogenated alkanes) is 16. The molecule has 0 fully saturated rings. The molecule has 11 heteroatoms. The molecule has 0 aliphatic heterocycles. The van der Waals surface area contributed by atoms with E-state index in [1.165, 1.54) is 77.0 Å². The summed E-state index contributed by atoms with van der Waals surface area (Å²) in [7, 11) is -4.41. The number of nitrogens with two attached hydrogens (primary N) is 1. The van der Waals surface area contributed by atoms with E-state index in [1.54, 1.807) is 6.08 Å². The Bertz CT molecular complexity index is 1200. The molecule has 0 saturated heterocycles. The number of ether oxygens (including phenoxy) is 2. The molecule has 0 radical (unpaired) electrons. The number of carbonyl (C=O) groups excluding carboxylic acids is 2. The SMILES string of the molecule is CCCCC/C=C\C/C=C\CCCCCCCCCCCC(=O)O[C@H](COC(=O)CCC/C=C\C/C=C\C=C\[C@H](O)C/C=C\CCCCC)COP(=O)(O)OCCN. The number of hydrogen-bond donors (Lipinski definition) is 3. The molecule has 0 bridgehead atoms. The van der Waals surface area contributed by atoms with Crippen LogP contribution in [-0.2, 0) is 32.7 Å². The van der Waals surface area contributed by atoms with Crippen molar-refractivity contribution in [1.82, 2.24) is 0 Å². The van der Waals surface area contributed by atoms with Gasteiger partial charge >= 0.3 is 19.8 Å². The maximum Gasteiger partial charge on any atom is 0.472 e. The molecule has 3 atom stereocenters. The normalized spacial score (nSPS) is 14.5. The van der Waals surface area contributed by atoms with Crippen LogP contribution in [0.2, 0.25) is 0 Å². The first-order chi connectivity index (χ1) is 28.2. The van der Waals surface area contributed by atoms with Gasteiger partial charge in [0.05, 0.1) is 19.3 Å². The summed E-state index contributed by atoms with van der Waals surface area (Å²) < 4.78 is 32.7. The Labute approximate surface area is 353 Å². The second-order valence-corrected chi connectivity index (χ2v) is 16.2. The quantitative estimate of drug-likeness (QED) is 0.0178. The zero-order valence-corrected chi connectivity index (χ0v) is 37.3. The topological polar surface area (TPSA) is 155 Å². The highest BCUT2D eigenvalue weighted by molar-refractivity contribution is 7.47. The van der Waals surface area contributed by atoms with Crippen molar-refractivity contribution in [3.63, 3.8) is 0 Å². The van der Waals surface area contributed by atoms with Crippen molar-refractivity contribution in [3.05, 3.63) is 72.9 Å². The molecular weight excluding hydrogens is 753 g/mol. The Morgan fingerprint density at radius 2 is 1.12 bits per heavy atom. The number of carbonyl (C=O) groups is 2. The summed E-state index contributed by atoms with van der Waals surface area (Å²) in [5.74, 6) is -0.942. The summed E-state index contributed by atoms with van der Waals surface area (Å²) in [6.07, 6.45) is 48.2. The van der Waals surface area contributed by atoms with E-state index in [9.17, 15) is 24.2 Å². The number of phosphoric ester groups is 1. The largest absolute Gasteiger partial charge is 0.472 e. The minimum atomic E-state index is -4.41. The molecular formula is C47H82NO9P. The lowest BCUT2D eigenvalue weighted by Crippen LogP contribution is -2.29. The molecule has 0 aliphatic carbocycles. The summed E-state index contributed by atoms with van der Waals surface area (Å²) in [6, 6.07) is 0. The lowest BCUT2D eigenvalue weighted by Gasteiger charge is -2.19. The van der Waals surface area contributed by atoms with Crippen LogP contribution in [0.4, 0.5) is 0 Å². The summed E-state index contributed by atoms with van der Waals surface area (Å²) in [6.45, 7) is 3.51. The lowest BCUT2D eigenvalue weighted by molar-refractivity contribution is -0.161. The second-order valence-electron chi connectivity index (χ2n) is 14.8. The van der Waals surface area contributed by atoms with Gasteiger partial charge < -0.3 is 25.2 Å². The number of allylic oxidation sites excluding steroid dienone is 10. The minimum Gasteiger partial charge on any atom is -0.462 e. The summed E-state index contributed by atoms with van der Waals surface area (Å²) in [5.41, 5.74) is 5.34. The van der Waals surface area contributed by atoms with Crippen molar-refractivity contribution in [2.45, 2.75) is 187 Å². The van der Waals surface area contributed by atoms with Crippen LogP contribution in [0, 0.1) is 0 Å². The zero-order valence-electron chi connectivity index (χ0n) is 36.4. The molecule has 0 saturated carbocycles. The fourth-order valence-electron chi connectivity index (χ4n) is 5.74. The van der Waals surface area contributed by atoms with Crippen LogP contribution in [-0.4, -0.2) is 60.5 Å². The average molecular weight is 836 g/mol. The van der Waals surface area contributed by atoms with Gasteiger partial charge in [-0.25, -0.2) is 4.57 Å². The molecule has 0 aromatic rings. The minimum absolute atomic E-state index is 0.0331. The first-order valence-corrected chi connectivity index (χ1v) is 24.0. The number of aliphatic hydroxyl groups excluding tert-OH is 1. The van der Waals surface area contributed by atoms with E-state index in [-0.39, 0.29) is 32.6 Å². The van der Waals surface area contributed by atoms with E-state index in [1.807, 2.05) is 36.5 Å². The van der Waals surface area contributed by atoms with Gasteiger partial charge in [0, 0.05) is 19.4 Å². The summed E-state index contributed by atoms with van der Waals surface area (Å²) in [4.78, 5) is 34.9. The van der Waals surface area contributed by atoms with Gasteiger partial charge in [-0.3, -0.25) is 18.6 Å². The van der Waals surface area contributed by atoms with E-state index in [0.29, 0.717) is 25.7 Å². The van der Waals surface area contributed by atoms with Crippen molar-refractivity contribution in [1.29, 1.82) is 0 Å². The first-order valence-electron chi connectivity index (χ1n) is 22.5. The zero-order chi connectivity index (χ0) is 42.6. The van der Waals surface area contributed by atoms with Gasteiger partial charge in [-0.1, -0.05) is 157 Å². The Morgan fingerprint density at radius 1 is 0.603 bits per heavy atom. The predicted molar refractivity (Wildman–Crippen MR) is 239 cm³/mol. The Hall–Kier alpha value is -2.59. The van der Waals surface area contributed by atoms with Gasteiger partial charge in [0.1, 0.15) is 6.61 Å². The van der Waals surface area contributed by atoms with Crippen LogP contribution in [0.25, 0.3) is 0 Å². The Balaban J connectivity index is 4.29. The summed E-state index contributed by atoms with van der Waals surface area (Å²) in [5, 5.41) is 10.0. The van der Waals surface area contributed by atoms with Crippen molar-refractivity contribution in [2.75, 3.05) is 26.4 Å². The highest BCUT2D eigenvalue weighted by Gasteiger charge is 2.26. The molecule has 4 N–H and O–H groups in total. The van der Waals surface area contributed by atoms with Crippen LogP contribution in [0.3, 0.4) is 0 Å². The number of esters is 2. The van der Waals surface area contributed by atoms with Gasteiger partial charge in [0.25, 0.3) is 0 Å². The van der Waals surface area contributed by atoms with E-state index in [2.05, 4.69) is 44.2 Å². The number of aliphatic hydroxyl groups is 1. The van der Waals surface area contributed by atoms with E-state index in [4.69, 9.17) is 24.3 Å².